The van der Waals surface area contributed by atoms with Gasteiger partial charge in [0.15, 0.2) is 0 Å². The van der Waals surface area contributed by atoms with Gasteiger partial charge in [-0.2, -0.15) is 0 Å². The molecule has 2 heteroatoms. The first kappa shape index (κ1) is 12.5. The van der Waals surface area contributed by atoms with E-state index in [1.165, 1.54) is 0 Å². The summed E-state index contributed by atoms with van der Waals surface area (Å²) in [6.45, 7) is 4.89. The van der Waals surface area contributed by atoms with Crippen LogP contribution in [-0.4, -0.2) is 23.9 Å². The van der Waals surface area contributed by atoms with Crippen LogP contribution in [0, 0.1) is 12.3 Å². The Kier molecular flexibility index (Phi) is 6.66. The number of aliphatic hydroxyl groups is 1. The van der Waals surface area contributed by atoms with Crippen LogP contribution in [0.25, 0.3) is 0 Å². The summed E-state index contributed by atoms with van der Waals surface area (Å²) in [6.07, 6.45) is 8.64. The molecule has 0 amide bonds. The molecule has 0 aromatic rings. The van der Waals surface area contributed by atoms with E-state index in [9.17, 15) is 0 Å². The second kappa shape index (κ2) is 6.94. The van der Waals surface area contributed by atoms with Gasteiger partial charge in [0.05, 0.1) is 5.60 Å². The lowest BCUT2D eigenvalue weighted by molar-refractivity contribution is -0.0338. The number of hydrogen-bond donors (Lipinski definition) is 1. The molecule has 0 heterocycles. The number of ether oxygens (including phenoxy) is 1. The molecule has 1 N–H and O–H groups in total. The zero-order valence-corrected chi connectivity index (χ0v) is 8.68. The molecule has 0 aromatic carbocycles. The zero-order chi connectivity index (χ0) is 10.2. The van der Waals surface area contributed by atoms with Gasteiger partial charge in [-0.1, -0.05) is 0 Å². The van der Waals surface area contributed by atoms with Crippen molar-refractivity contribution in [3.63, 3.8) is 0 Å². The van der Waals surface area contributed by atoms with Crippen molar-refractivity contribution in [3.05, 3.63) is 0 Å². The van der Waals surface area contributed by atoms with Crippen LogP contribution in [0.5, 0.6) is 0 Å². The Labute approximate surface area is 81.3 Å². The fraction of sp³-hybridized carbons (Fsp3) is 0.818. The molecule has 0 aliphatic heterocycles. The van der Waals surface area contributed by atoms with Crippen LogP contribution >= 0.6 is 0 Å². The summed E-state index contributed by atoms with van der Waals surface area (Å²) in [4.78, 5) is 0. The third kappa shape index (κ3) is 7.83. The first-order valence-electron chi connectivity index (χ1n) is 4.80. The monoisotopic (exact) mass is 184 g/mol. The third-order valence-electron chi connectivity index (χ3n) is 1.92. The van der Waals surface area contributed by atoms with E-state index in [4.69, 9.17) is 16.3 Å². The van der Waals surface area contributed by atoms with Crippen molar-refractivity contribution in [1.29, 1.82) is 0 Å². The Morgan fingerprint density at radius 2 is 2.08 bits per heavy atom. The second-order valence-electron chi connectivity index (χ2n) is 3.74. The van der Waals surface area contributed by atoms with E-state index in [2.05, 4.69) is 5.92 Å². The Morgan fingerprint density at radius 3 is 2.62 bits per heavy atom. The van der Waals surface area contributed by atoms with Crippen molar-refractivity contribution in [2.24, 2.45) is 0 Å². The van der Waals surface area contributed by atoms with Crippen molar-refractivity contribution < 1.29 is 9.84 Å². The van der Waals surface area contributed by atoms with Crippen molar-refractivity contribution in [2.75, 3.05) is 13.2 Å². The largest absolute Gasteiger partial charge is 0.396 e. The SMILES string of the molecule is C#CCCCCOC(C)(C)CCO. The second-order valence-corrected chi connectivity index (χ2v) is 3.74. The molecular formula is C11H20O2. The van der Waals surface area contributed by atoms with Crippen LogP contribution in [0.1, 0.15) is 39.5 Å². The van der Waals surface area contributed by atoms with Crippen molar-refractivity contribution in [2.45, 2.75) is 45.1 Å². The molecule has 0 aliphatic carbocycles. The summed E-state index contributed by atoms with van der Waals surface area (Å²) in [5, 5.41) is 8.74. The van der Waals surface area contributed by atoms with E-state index >= 15 is 0 Å². The zero-order valence-electron chi connectivity index (χ0n) is 8.68. The molecule has 0 aromatic heterocycles. The molecule has 13 heavy (non-hydrogen) atoms. The first-order chi connectivity index (χ1) is 6.12. The number of rotatable bonds is 7. The average Bonchev–Trinajstić information content (AvgIpc) is 2.04. The van der Waals surface area contributed by atoms with E-state index in [1.54, 1.807) is 0 Å². The highest BCUT2D eigenvalue weighted by molar-refractivity contribution is 4.82. The molecule has 0 saturated heterocycles. The molecule has 0 fully saturated rings. The number of hydrogen-bond acceptors (Lipinski definition) is 2. The Balaban J connectivity index is 3.36. The van der Waals surface area contributed by atoms with Crippen LogP contribution in [0.4, 0.5) is 0 Å². The van der Waals surface area contributed by atoms with E-state index in [0.29, 0.717) is 6.42 Å². The van der Waals surface area contributed by atoms with Crippen LogP contribution in [0.15, 0.2) is 0 Å². The summed E-state index contributed by atoms with van der Waals surface area (Å²) in [5.74, 6) is 2.59. The molecule has 0 radical (unpaired) electrons. The highest BCUT2D eigenvalue weighted by atomic mass is 16.5. The fourth-order valence-electron chi connectivity index (χ4n) is 1.02. The predicted octanol–water partition coefficient (Wildman–Crippen LogP) is 1.97. The molecule has 0 unspecified atom stereocenters. The molecule has 0 spiro atoms. The summed E-state index contributed by atoms with van der Waals surface area (Å²) >= 11 is 0. The smallest absolute Gasteiger partial charge is 0.0648 e. The molecule has 0 saturated carbocycles. The van der Waals surface area contributed by atoms with Crippen LogP contribution in [0.3, 0.4) is 0 Å². The molecule has 0 bridgehead atoms. The van der Waals surface area contributed by atoms with Crippen LogP contribution in [-0.2, 0) is 4.74 Å². The lowest BCUT2D eigenvalue weighted by Gasteiger charge is -2.24. The molecular weight excluding hydrogens is 164 g/mol. The van der Waals surface area contributed by atoms with E-state index < -0.39 is 0 Å². The minimum atomic E-state index is -0.203. The minimum absolute atomic E-state index is 0.178. The van der Waals surface area contributed by atoms with Crippen LogP contribution in [0.2, 0.25) is 0 Å². The van der Waals surface area contributed by atoms with Gasteiger partial charge in [-0.05, 0) is 33.1 Å². The summed E-state index contributed by atoms with van der Waals surface area (Å²) < 4.78 is 5.59. The molecule has 0 aliphatic rings. The average molecular weight is 184 g/mol. The maximum atomic E-state index is 8.74. The standard InChI is InChI=1S/C11H20O2/c1-4-5-6-7-10-13-11(2,3)8-9-12/h1,12H,5-10H2,2-3H3. The topological polar surface area (TPSA) is 29.5 Å². The minimum Gasteiger partial charge on any atom is -0.396 e. The van der Waals surface area contributed by atoms with Gasteiger partial charge in [0.1, 0.15) is 0 Å². The van der Waals surface area contributed by atoms with Gasteiger partial charge in [0.2, 0.25) is 0 Å². The van der Waals surface area contributed by atoms with Crippen LogP contribution < -0.4 is 0 Å². The summed E-state index contributed by atoms with van der Waals surface area (Å²) in [6, 6.07) is 0. The van der Waals surface area contributed by atoms with Gasteiger partial charge in [0.25, 0.3) is 0 Å². The third-order valence-corrected chi connectivity index (χ3v) is 1.92. The number of unbranched alkanes of at least 4 members (excludes halogenated alkanes) is 2. The number of aliphatic hydroxyl groups excluding tert-OH is 1. The number of terminal acetylenes is 1. The van der Waals surface area contributed by atoms with Gasteiger partial charge >= 0.3 is 0 Å². The normalized spacial score (nSPS) is 11.2. The predicted molar refractivity (Wildman–Crippen MR) is 54.4 cm³/mol. The Hall–Kier alpha value is -0.520. The Bertz CT molecular complexity index is 156. The Morgan fingerprint density at radius 1 is 1.38 bits per heavy atom. The maximum Gasteiger partial charge on any atom is 0.0648 e. The van der Waals surface area contributed by atoms with Crippen molar-refractivity contribution >= 4 is 0 Å². The van der Waals surface area contributed by atoms with Gasteiger partial charge in [-0.15, -0.1) is 12.3 Å². The molecule has 76 valence electrons. The highest BCUT2D eigenvalue weighted by Gasteiger charge is 2.16. The molecule has 2 nitrogen and oxygen atoms in total. The van der Waals surface area contributed by atoms with Crippen molar-refractivity contribution in [1.82, 2.24) is 0 Å². The van der Waals surface area contributed by atoms with Gasteiger partial charge in [-0.25, -0.2) is 0 Å². The molecule has 0 atom stereocenters. The molecule has 0 rings (SSSR count). The highest BCUT2D eigenvalue weighted by Crippen LogP contribution is 2.14. The lowest BCUT2D eigenvalue weighted by Crippen LogP contribution is -2.26. The van der Waals surface area contributed by atoms with Gasteiger partial charge < -0.3 is 9.84 Å². The van der Waals surface area contributed by atoms with Crippen molar-refractivity contribution in [3.8, 4) is 12.3 Å². The fourth-order valence-corrected chi connectivity index (χ4v) is 1.02. The quantitative estimate of drug-likeness (QED) is 0.484. The lowest BCUT2D eigenvalue weighted by atomic mass is 10.1. The first-order valence-corrected chi connectivity index (χ1v) is 4.80. The van der Waals surface area contributed by atoms with E-state index in [-0.39, 0.29) is 12.2 Å². The maximum absolute atomic E-state index is 8.74. The van der Waals surface area contributed by atoms with E-state index in [0.717, 1.165) is 25.9 Å². The summed E-state index contributed by atoms with van der Waals surface area (Å²) in [5.41, 5.74) is -0.203. The van der Waals surface area contributed by atoms with Gasteiger partial charge in [-0.3, -0.25) is 0 Å². The van der Waals surface area contributed by atoms with Gasteiger partial charge in [0, 0.05) is 19.6 Å². The summed E-state index contributed by atoms with van der Waals surface area (Å²) in [7, 11) is 0. The van der Waals surface area contributed by atoms with E-state index in [1.807, 2.05) is 13.8 Å².